The second kappa shape index (κ2) is 19.8. The minimum Gasteiger partial charge on any atom is -0.462 e. The molecular weight excluding hydrogens is 739 g/mol. The van der Waals surface area contributed by atoms with E-state index < -0.39 is 54.7 Å². The first-order chi connectivity index (χ1) is 23.1. The van der Waals surface area contributed by atoms with Crippen molar-refractivity contribution in [2.24, 2.45) is 35.5 Å². The monoisotopic (exact) mass is 804 g/mol. The third-order valence-electron chi connectivity index (χ3n) is 10.9. The Morgan fingerprint density at radius 2 is 1.65 bits per heavy atom. The molecule has 11 heteroatoms. The Morgan fingerprint density at radius 1 is 1.00 bits per heavy atom. The van der Waals surface area contributed by atoms with Gasteiger partial charge in [-0.25, -0.2) is 0 Å². The van der Waals surface area contributed by atoms with E-state index in [1.54, 1.807) is 32.0 Å². The number of esters is 1. The minimum atomic E-state index is -1.17. The lowest BCUT2D eigenvalue weighted by molar-refractivity contribution is -0.304. The molecule has 49 heavy (non-hydrogen) atoms. The summed E-state index contributed by atoms with van der Waals surface area (Å²) in [7, 11) is 3.59. The van der Waals surface area contributed by atoms with Gasteiger partial charge in [-0.1, -0.05) is 74.9 Å². The van der Waals surface area contributed by atoms with Crippen LogP contribution >= 0.6 is 22.6 Å². The van der Waals surface area contributed by atoms with Gasteiger partial charge in [0.25, 0.3) is 0 Å². The number of piperidine rings is 1. The smallest absolute Gasteiger partial charge is 0.308 e. The van der Waals surface area contributed by atoms with Gasteiger partial charge in [0.1, 0.15) is 12.2 Å². The number of carbonyl (C=O) groups excluding carboxylic acids is 2. The van der Waals surface area contributed by atoms with Crippen molar-refractivity contribution in [3.63, 3.8) is 0 Å². The first kappa shape index (κ1) is 42.5. The molecule has 3 rings (SSSR count). The van der Waals surface area contributed by atoms with Crippen molar-refractivity contribution in [2.45, 2.75) is 130 Å². The summed E-state index contributed by atoms with van der Waals surface area (Å²) >= 11 is 2.29. The number of aliphatic hydroxyl groups excluding tert-OH is 3. The average Bonchev–Trinajstić information content (AvgIpc) is 3.03. The molecule has 10 nitrogen and oxygen atoms in total. The Morgan fingerprint density at radius 3 is 2.24 bits per heavy atom. The first-order valence-corrected chi connectivity index (χ1v) is 20.0. The van der Waals surface area contributed by atoms with Crippen LogP contribution in [0.5, 0.6) is 0 Å². The molecule has 3 aliphatic heterocycles. The number of aliphatic hydroxyl groups is 3. The normalized spacial score (nSPS) is 42.8. The Bertz CT molecular complexity index is 1110. The molecule has 0 amide bonds. The van der Waals surface area contributed by atoms with E-state index in [9.17, 15) is 24.9 Å². The highest BCUT2D eigenvalue weighted by Crippen LogP contribution is 2.35. The van der Waals surface area contributed by atoms with Gasteiger partial charge >= 0.3 is 5.97 Å². The van der Waals surface area contributed by atoms with Gasteiger partial charge in [-0.15, -0.1) is 0 Å². The lowest BCUT2D eigenvalue weighted by Crippen LogP contribution is -2.63. The van der Waals surface area contributed by atoms with Crippen molar-refractivity contribution in [1.29, 1.82) is 0 Å². The van der Waals surface area contributed by atoms with Crippen molar-refractivity contribution in [3.05, 3.63) is 23.8 Å². The number of rotatable bonds is 8. The van der Waals surface area contributed by atoms with Crippen molar-refractivity contribution in [1.82, 2.24) is 9.80 Å². The van der Waals surface area contributed by atoms with Crippen LogP contribution in [0.2, 0.25) is 0 Å². The van der Waals surface area contributed by atoms with Crippen LogP contribution in [-0.4, -0.2) is 124 Å². The van der Waals surface area contributed by atoms with Gasteiger partial charge in [0.15, 0.2) is 12.1 Å². The molecule has 0 spiro atoms. The summed E-state index contributed by atoms with van der Waals surface area (Å²) in [4.78, 5) is 31.2. The summed E-state index contributed by atoms with van der Waals surface area (Å²) in [5, 5.41) is 34.0. The number of ketones is 1. The zero-order valence-corrected chi connectivity index (χ0v) is 33.5. The third kappa shape index (κ3) is 12.1. The number of hydrogen-bond donors (Lipinski definition) is 3. The summed E-state index contributed by atoms with van der Waals surface area (Å²) in [6, 6.07) is -0.635. The number of halogens is 1. The molecule has 0 aromatic carbocycles. The quantitative estimate of drug-likeness (QED) is 0.182. The van der Waals surface area contributed by atoms with E-state index >= 15 is 0 Å². The predicted octanol–water partition coefficient (Wildman–Crippen LogP) is 4.62. The number of nitrogens with zero attached hydrogens (tertiary/aromatic N) is 2. The number of allylic oxidation sites excluding steroid dienone is 3. The zero-order chi connectivity index (χ0) is 36.6. The first-order valence-electron chi connectivity index (χ1n) is 18.5. The number of hydrogen-bond acceptors (Lipinski definition) is 10. The Balaban J connectivity index is 2.04. The van der Waals surface area contributed by atoms with E-state index in [-0.39, 0.29) is 36.1 Å². The number of ether oxygens (including phenoxy) is 3. The molecule has 3 heterocycles. The average molecular weight is 805 g/mol. The SMILES string of the molecule is CCC1OC(=O)C[C@@H](O)[C@H](C)[C@@H](O[C@@H]2O[C@H](C)[C@@H](O)[C@H](N(C)C)[C@H]2O)[C@@H](CCN2C[C@H](C)C[C@H](C)C2)C[C@@H](C)C(=O)/C=C/C(C)=C/[C@@H]1CI. The molecule has 14 atom stereocenters. The highest BCUT2D eigenvalue weighted by atomic mass is 127. The summed E-state index contributed by atoms with van der Waals surface area (Å²) in [5.41, 5.74) is 0.929. The summed E-state index contributed by atoms with van der Waals surface area (Å²) in [6.45, 7) is 16.8. The van der Waals surface area contributed by atoms with Gasteiger partial charge in [0.05, 0.1) is 36.9 Å². The maximum atomic E-state index is 13.6. The molecule has 0 bridgehead atoms. The van der Waals surface area contributed by atoms with Crippen LogP contribution in [0.15, 0.2) is 23.8 Å². The molecule has 3 N–H and O–H groups in total. The maximum Gasteiger partial charge on any atom is 0.308 e. The van der Waals surface area contributed by atoms with Gasteiger partial charge in [0.2, 0.25) is 0 Å². The van der Waals surface area contributed by atoms with Crippen LogP contribution in [0.3, 0.4) is 0 Å². The van der Waals surface area contributed by atoms with Gasteiger partial charge in [-0.2, -0.15) is 0 Å². The fraction of sp³-hybridized carbons (Fsp3) is 0.842. The zero-order valence-electron chi connectivity index (χ0n) is 31.3. The molecule has 0 aromatic heterocycles. The number of likely N-dealkylation sites (N-methyl/N-ethyl adjacent to an activating group) is 1. The van der Waals surface area contributed by atoms with Crippen LogP contribution in [0, 0.1) is 35.5 Å². The fourth-order valence-corrected chi connectivity index (χ4v) is 8.98. The van der Waals surface area contributed by atoms with E-state index in [0.717, 1.165) is 29.6 Å². The molecule has 0 aromatic rings. The largest absolute Gasteiger partial charge is 0.462 e. The van der Waals surface area contributed by atoms with E-state index in [1.165, 1.54) is 6.42 Å². The van der Waals surface area contributed by atoms with E-state index in [0.29, 0.717) is 31.1 Å². The standard InChI is InChI=1S/C38H65IN2O8/c1-10-32-29(19-39)16-22(2)11-12-30(42)25(5)17-28(13-14-41-20-23(3)15-24(4)21-41)37(26(6)31(43)18-33(44)48-32)49-38-36(46)34(40(8)9)35(45)27(7)47-38/h11-12,16,23-29,31-32,34-38,43,45-46H,10,13-15,17-21H2,1-9H3/b12-11+,22-16+/t23-,24+,25-,26+,27-,28+,29-,31-,32?,34+,35-,36-,37-,38+/m1/s1. The van der Waals surface area contributed by atoms with E-state index in [2.05, 4.69) is 47.4 Å². The minimum absolute atomic E-state index is 0.0138. The number of likely N-dealkylation sites (tertiary alicyclic amines) is 1. The molecular formula is C38H65IN2O8. The third-order valence-corrected chi connectivity index (χ3v) is 11.9. The topological polar surface area (TPSA) is 129 Å². The van der Waals surface area contributed by atoms with Crippen molar-refractivity contribution in [2.75, 3.05) is 38.2 Å². The van der Waals surface area contributed by atoms with Crippen LogP contribution in [0.25, 0.3) is 0 Å². The number of alkyl halides is 1. The van der Waals surface area contributed by atoms with Crippen molar-refractivity contribution in [3.8, 4) is 0 Å². The highest BCUT2D eigenvalue weighted by Gasteiger charge is 2.47. The molecule has 2 saturated heterocycles. The van der Waals surface area contributed by atoms with Gasteiger partial charge in [-0.05, 0) is 84.0 Å². The Labute approximate surface area is 309 Å². The van der Waals surface area contributed by atoms with Crippen LogP contribution in [-0.2, 0) is 23.8 Å². The summed E-state index contributed by atoms with van der Waals surface area (Å²) in [6.07, 6.45) is 2.40. The summed E-state index contributed by atoms with van der Waals surface area (Å²) < 4.78 is 19.6. The maximum absolute atomic E-state index is 13.6. The molecule has 282 valence electrons. The molecule has 3 aliphatic rings. The van der Waals surface area contributed by atoms with Gasteiger partial charge in [-0.3, -0.25) is 9.59 Å². The van der Waals surface area contributed by atoms with Gasteiger partial charge < -0.3 is 39.3 Å². The molecule has 1 unspecified atom stereocenters. The predicted molar refractivity (Wildman–Crippen MR) is 200 cm³/mol. The molecule has 0 aliphatic carbocycles. The van der Waals surface area contributed by atoms with Crippen LogP contribution in [0.1, 0.15) is 80.6 Å². The molecule has 0 saturated carbocycles. The lowest BCUT2D eigenvalue weighted by atomic mass is 9.79. The van der Waals surface area contributed by atoms with Crippen molar-refractivity contribution < 1.29 is 39.1 Å². The second-order valence-corrected chi connectivity index (χ2v) is 16.5. The van der Waals surface area contributed by atoms with Crippen LogP contribution < -0.4 is 0 Å². The van der Waals surface area contributed by atoms with Crippen LogP contribution in [0.4, 0.5) is 0 Å². The Kier molecular flexibility index (Phi) is 17.1. The Hall–Kier alpha value is -0.930. The van der Waals surface area contributed by atoms with E-state index in [4.69, 9.17) is 14.2 Å². The summed E-state index contributed by atoms with van der Waals surface area (Å²) in [5.74, 6) is -0.444. The number of carbonyl (C=O) groups is 2. The highest BCUT2D eigenvalue weighted by molar-refractivity contribution is 14.1. The van der Waals surface area contributed by atoms with E-state index in [1.807, 2.05) is 33.8 Å². The second-order valence-electron chi connectivity index (χ2n) is 15.7. The fourth-order valence-electron chi connectivity index (χ4n) is 8.15. The van der Waals surface area contributed by atoms with Gasteiger partial charge in [0, 0.05) is 35.3 Å². The molecule has 2 fully saturated rings. The number of cyclic esters (lactones) is 1. The van der Waals surface area contributed by atoms with Crippen molar-refractivity contribution >= 4 is 34.3 Å². The lowest BCUT2D eigenvalue weighted by Gasteiger charge is -2.47. The molecule has 0 radical (unpaired) electrons.